The molecule has 0 bridgehead atoms. The molecule has 1 N–H and O–H groups in total. The third-order valence-electron chi connectivity index (χ3n) is 4.41. The van der Waals surface area contributed by atoms with E-state index in [9.17, 15) is 14.0 Å². The summed E-state index contributed by atoms with van der Waals surface area (Å²) in [5, 5.41) is 2.82. The number of hydrogen-bond donors (Lipinski definition) is 1. The van der Waals surface area contributed by atoms with Crippen LogP contribution in [0.2, 0.25) is 0 Å². The number of carbonyl (C=O) groups excluding carboxylic acids is 2. The van der Waals surface area contributed by atoms with E-state index < -0.39 is 0 Å². The van der Waals surface area contributed by atoms with Crippen LogP contribution in [-0.2, 0) is 20.9 Å². The van der Waals surface area contributed by atoms with Gasteiger partial charge in [0.2, 0.25) is 11.8 Å². The van der Waals surface area contributed by atoms with E-state index in [1.54, 1.807) is 17.0 Å². The highest BCUT2D eigenvalue weighted by molar-refractivity contribution is 5.89. The first-order valence-corrected chi connectivity index (χ1v) is 8.03. The van der Waals surface area contributed by atoms with Gasteiger partial charge in [-0.05, 0) is 30.5 Å². The molecule has 0 aliphatic carbocycles. The number of nitrogens with one attached hydrogen (secondary N) is 1. The Hall–Kier alpha value is -1.95. The molecule has 6 heteroatoms. The van der Waals surface area contributed by atoms with Crippen molar-refractivity contribution in [3.8, 4) is 0 Å². The van der Waals surface area contributed by atoms with Gasteiger partial charge in [0, 0.05) is 32.7 Å². The molecule has 3 rings (SSSR count). The molecule has 2 unspecified atom stereocenters. The Labute approximate surface area is 134 Å². The lowest BCUT2D eigenvalue weighted by atomic mass is 10.1. The highest BCUT2D eigenvalue weighted by atomic mass is 19.1. The summed E-state index contributed by atoms with van der Waals surface area (Å²) in [4.78, 5) is 26.0. The summed E-state index contributed by atoms with van der Waals surface area (Å²) in [6.07, 6.45) is 2.38. The Morgan fingerprint density at radius 3 is 2.83 bits per heavy atom. The van der Waals surface area contributed by atoms with Crippen LogP contribution >= 0.6 is 0 Å². The SMILES string of the molecule is O=C(NCc1ccc(F)cc1)C1CC(=O)N(CC2CCCO2)C1. The topological polar surface area (TPSA) is 58.6 Å². The molecule has 0 radical (unpaired) electrons. The molecule has 2 heterocycles. The molecular formula is C17H21FN2O3. The Morgan fingerprint density at radius 2 is 2.13 bits per heavy atom. The molecule has 0 spiro atoms. The summed E-state index contributed by atoms with van der Waals surface area (Å²) >= 11 is 0. The van der Waals surface area contributed by atoms with Gasteiger partial charge in [-0.1, -0.05) is 12.1 Å². The summed E-state index contributed by atoms with van der Waals surface area (Å²) in [7, 11) is 0. The monoisotopic (exact) mass is 320 g/mol. The maximum atomic E-state index is 12.8. The minimum absolute atomic E-state index is 0.0161. The average Bonchev–Trinajstić information content (AvgIpc) is 3.17. The standard InChI is InChI=1S/C17H21FN2O3/c18-14-5-3-12(4-6-14)9-19-17(22)13-8-16(21)20(10-13)11-15-2-1-7-23-15/h3-6,13,15H,1-2,7-11H2,(H,19,22). The first-order chi connectivity index (χ1) is 11.1. The highest BCUT2D eigenvalue weighted by Crippen LogP contribution is 2.21. The number of amides is 2. The quantitative estimate of drug-likeness (QED) is 0.894. The van der Waals surface area contributed by atoms with E-state index >= 15 is 0 Å². The summed E-state index contributed by atoms with van der Waals surface area (Å²) in [5.74, 6) is -0.726. The number of rotatable bonds is 5. The lowest BCUT2D eigenvalue weighted by Gasteiger charge is -2.20. The van der Waals surface area contributed by atoms with Gasteiger partial charge in [-0.15, -0.1) is 0 Å². The molecule has 2 aliphatic rings. The number of benzene rings is 1. The maximum Gasteiger partial charge on any atom is 0.225 e. The normalized spacial score (nSPS) is 24.2. The molecule has 2 saturated heterocycles. The van der Waals surface area contributed by atoms with Gasteiger partial charge in [-0.25, -0.2) is 4.39 Å². The van der Waals surface area contributed by atoms with Gasteiger partial charge in [0.25, 0.3) is 0 Å². The summed E-state index contributed by atoms with van der Waals surface area (Å²) in [6.45, 7) is 2.14. The Balaban J connectivity index is 1.48. The molecule has 0 aromatic heterocycles. The first-order valence-electron chi connectivity index (χ1n) is 8.03. The number of ether oxygens (including phenoxy) is 1. The number of likely N-dealkylation sites (tertiary alicyclic amines) is 1. The number of halogens is 1. The zero-order valence-electron chi connectivity index (χ0n) is 13.0. The van der Waals surface area contributed by atoms with Crippen LogP contribution in [0, 0.1) is 11.7 Å². The number of nitrogens with zero attached hydrogens (tertiary/aromatic N) is 1. The Bertz CT molecular complexity index is 570. The molecule has 5 nitrogen and oxygen atoms in total. The van der Waals surface area contributed by atoms with Crippen LogP contribution in [0.3, 0.4) is 0 Å². The van der Waals surface area contributed by atoms with Crippen LogP contribution in [0.15, 0.2) is 24.3 Å². The third kappa shape index (κ3) is 4.07. The molecule has 2 aliphatic heterocycles. The van der Waals surface area contributed by atoms with E-state index in [-0.39, 0.29) is 36.1 Å². The van der Waals surface area contributed by atoms with Gasteiger partial charge in [0.05, 0.1) is 12.0 Å². The van der Waals surface area contributed by atoms with E-state index in [2.05, 4.69) is 5.32 Å². The fraction of sp³-hybridized carbons (Fsp3) is 0.529. The fourth-order valence-electron chi connectivity index (χ4n) is 3.09. The number of hydrogen-bond acceptors (Lipinski definition) is 3. The molecule has 1 aromatic carbocycles. The predicted molar refractivity (Wildman–Crippen MR) is 81.9 cm³/mol. The first kappa shape index (κ1) is 15.9. The third-order valence-corrected chi connectivity index (χ3v) is 4.41. The Morgan fingerprint density at radius 1 is 1.35 bits per heavy atom. The smallest absolute Gasteiger partial charge is 0.225 e. The van der Waals surface area contributed by atoms with E-state index in [0.29, 0.717) is 19.6 Å². The van der Waals surface area contributed by atoms with Crippen molar-refractivity contribution in [3.05, 3.63) is 35.6 Å². The van der Waals surface area contributed by atoms with Crippen LogP contribution < -0.4 is 5.32 Å². The highest BCUT2D eigenvalue weighted by Gasteiger charge is 2.35. The van der Waals surface area contributed by atoms with Gasteiger partial charge in [-0.2, -0.15) is 0 Å². The second-order valence-corrected chi connectivity index (χ2v) is 6.18. The zero-order chi connectivity index (χ0) is 16.2. The average molecular weight is 320 g/mol. The van der Waals surface area contributed by atoms with Gasteiger partial charge in [0.1, 0.15) is 5.82 Å². The van der Waals surface area contributed by atoms with E-state index in [0.717, 1.165) is 25.0 Å². The van der Waals surface area contributed by atoms with Crippen LogP contribution in [0.25, 0.3) is 0 Å². The van der Waals surface area contributed by atoms with Crippen molar-refractivity contribution < 1.29 is 18.7 Å². The van der Waals surface area contributed by atoms with Crippen LogP contribution in [0.5, 0.6) is 0 Å². The van der Waals surface area contributed by atoms with Crippen LogP contribution in [0.4, 0.5) is 4.39 Å². The minimum Gasteiger partial charge on any atom is -0.376 e. The Kier molecular flexibility index (Phi) is 4.91. The summed E-state index contributed by atoms with van der Waals surface area (Å²) in [5.41, 5.74) is 0.834. The molecular weight excluding hydrogens is 299 g/mol. The zero-order valence-corrected chi connectivity index (χ0v) is 13.0. The van der Waals surface area contributed by atoms with E-state index in [1.807, 2.05) is 0 Å². The molecule has 0 saturated carbocycles. The van der Waals surface area contributed by atoms with Gasteiger partial charge in [-0.3, -0.25) is 9.59 Å². The van der Waals surface area contributed by atoms with Gasteiger partial charge in [0.15, 0.2) is 0 Å². The van der Waals surface area contributed by atoms with Gasteiger partial charge >= 0.3 is 0 Å². The summed E-state index contributed by atoms with van der Waals surface area (Å²) < 4.78 is 18.4. The van der Waals surface area contributed by atoms with E-state index in [1.165, 1.54) is 12.1 Å². The molecule has 2 fully saturated rings. The van der Waals surface area contributed by atoms with Crippen molar-refractivity contribution in [2.75, 3.05) is 19.7 Å². The molecule has 2 amide bonds. The fourth-order valence-corrected chi connectivity index (χ4v) is 3.09. The second-order valence-electron chi connectivity index (χ2n) is 6.18. The van der Waals surface area contributed by atoms with Crippen LogP contribution in [0.1, 0.15) is 24.8 Å². The van der Waals surface area contributed by atoms with Crippen molar-refractivity contribution in [3.63, 3.8) is 0 Å². The van der Waals surface area contributed by atoms with Crippen molar-refractivity contribution in [1.82, 2.24) is 10.2 Å². The molecule has 1 aromatic rings. The van der Waals surface area contributed by atoms with E-state index in [4.69, 9.17) is 4.74 Å². The molecule has 2 atom stereocenters. The second kappa shape index (κ2) is 7.08. The van der Waals surface area contributed by atoms with Crippen molar-refractivity contribution in [1.29, 1.82) is 0 Å². The largest absolute Gasteiger partial charge is 0.376 e. The van der Waals surface area contributed by atoms with Crippen molar-refractivity contribution >= 4 is 11.8 Å². The summed E-state index contributed by atoms with van der Waals surface area (Å²) in [6, 6.07) is 6.01. The minimum atomic E-state index is -0.315. The van der Waals surface area contributed by atoms with Crippen molar-refractivity contribution in [2.24, 2.45) is 5.92 Å². The number of carbonyl (C=O) groups is 2. The lowest BCUT2D eigenvalue weighted by Crippen LogP contribution is -2.35. The van der Waals surface area contributed by atoms with Gasteiger partial charge < -0.3 is 15.0 Å². The maximum absolute atomic E-state index is 12.8. The van der Waals surface area contributed by atoms with Crippen LogP contribution in [-0.4, -0.2) is 42.5 Å². The van der Waals surface area contributed by atoms with Crippen molar-refractivity contribution in [2.45, 2.75) is 31.9 Å². The lowest BCUT2D eigenvalue weighted by molar-refractivity contribution is -0.129. The molecule has 23 heavy (non-hydrogen) atoms. The predicted octanol–water partition coefficient (Wildman–Crippen LogP) is 1.47. The molecule has 124 valence electrons.